The lowest BCUT2D eigenvalue weighted by Gasteiger charge is -2.21. The zero-order valence-electron chi connectivity index (χ0n) is 9.04. The van der Waals surface area contributed by atoms with Gasteiger partial charge in [0.25, 0.3) is 0 Å². The topological polar surface area (TPSA) is 34.2 Å². The Labute approximate surface area is 112 Å². The largest absolute Gasteiger partial charge is 0.376 e. The Balaban J connectivity index is 2.02. The molecule has 16 heavy (non-hydrogen) atoms. The molecule has 1 fully saturated rings. The summed E-state index contributed by atoms with van der Waals surface area (Å²) in [6, 6.07) is 2.27. The molecule has 0 aliphatic carbocycles. The number of pyridine rings is 1. The summed E-state index contributed by atoms with van der Waals surface area (Å²) in [6.07, 6.45) is 4.38. The van der Waals surface area contributed by atoms with Gasteiger partial charge in [0.15, 0.2) is 0 Å². The standard InChI is InChI=1S/C11H14Br2N2O/c1-7(10-3-2-4-16-10)15-11-9(13)5-8(12)6-14-11/h5-7,10H,2-4H2,1H3,(H,14,15). The van der Waals surface area contributed by atoms with E-state index in [0.29, 0.717) is 6.10 Å². The van der Waals surface area contributed by atoms with Gasteiger partial charge in [0.2, 0.25) is 0 Å². The van der Waals surface area contributed by atoms with Crippen LogP contribution < -0.4 is 5.32 Å². The average molecular weight is 350 g/mol. The van der Waals surface area contributed by atoms with Gasteiger partial charge < -0.3 is 10.1 Å². The van der Waals surface area contributed by atoms with Crippen molar-refractivity contribution in [1.82, 2.24) is 4.98 Å². The van der Waals surface area contributed by atoms with Gasteiger partial charge in [-0.1, -0.05) is 0 Å². The summed E-state index contributed by atoms with van der Waals surface area (Å²) in [5.74, 6) is 0.867. The van der Waals surface area contributed by atoms with E-state index in [0.717, 1.165) is 34.2 Å². The highest BCUT2D eigenvalue weighted by Crippen LogP contribution is 2.25. The second kappa shape index (κ2) is 5.47. The molecule has 0 amide bonds. The van der Waals surface area contributed by atoms with Crippen molar-refractivity contribution in [3.05, 3.63) is 21.2 Å². The highest BCUT2D eigenvalue weighted by atomic mass is 79.9. The molecule has 88 valence electrons. The summed E-state index contributed by atoms with van der Waals surface area (Å²) in [5, 5.41) is 3.38. The van der Waals surface area contributed by atoms with Crippen LogP contribution in [-0.2, 0) is 4.74 Å². The van der Waals surface area contributed by atoms with Crippen molar-refractivity contribution >= 4 is 37.7 Å². The fourth-order valence-corrected chi connectivity index (χ4v) is 2.93. The van der Waals surface area contributed by atoms with Crippen molar-refractivity contribution in [3.8, 4) is 0 Å². The smallest absolute Gasteiger partial charge is 0.140 e. The molecule has 1 aliphatic heterocycles. The number of hydrogen-bond donors (Lipinski definition) is 1. The summed E-state index contributed by atoms with van der Waals surface area (Å²) in [7, 11) is 0. The van der Waals surface area contributed by atoms with E-state index >= 15 is 0 Å². The van der Waals surface area contributed by atoms with Crippen LogP contribution in [0.3, 0.4) is 0 Å². The van der Waals surface area contributed by atoms with E-state index in [-0.39, 0.29) is 6.04 Å². The predicted octanol–water partition coefficient (Wildman–Crippen LogP) is 3.59. The normalized spacial score (nSPS) is 22.1. The highest BCUT2D eigenvalue weighted by molar-refractivity contribution is 9.11. The number of nitrogens with one attached hydrogen (secondary N) is 1. The molecule has 1 aromatic rings. The summed E-state index contributed by atoms with van der Waals surface area (Å²) in [6.45, 7) is 3.01. The zero-order valence-corrected chi connectivity index (χ0v) is 12.2. The van der Waals surface area contributed by atoms with Gasteiger partial charge in [-0.15, -0.1) is 0 Å². The van der Waals surface area contributed by atoms with Gasteiger partial charge in [0.05, 0.1) is 16.6 Å². The average Bonchev–Trinajstić information content (AvgIpc) is 2.75. The summed E-state index contributed by atoms with van der Waals surface area (Å²) in [4.78, 5) is 4.33. The minimum absolute atomic E-state index is 0.285. The molecule has 1 saturated heterocycles. The van der Waals surface area contributed by atoms with Crippen molar-refractivity contribution in [2.75, 3.05) is 11.9 Å². The van der Waals surface area contributed by atoms with E-state index in [1.165, 1.54) is 0 Å². The number of aromatic nitrogens is 1. The Bertz CT molecular complexity index is 367. The first-order chi connectivity index (χ1) is 7.66. The number of rotatable bonds is 3. The summed E-state index contributed by atoms with van der Waals surface area (Å²) >= 11 is 6.87. The van der Waals surface area contributed by atoms with Crippen LogP contribution in [0.2, 0.25) is 0 Å². The van der Waals surface area contributed by atoms with E-state index in [1.807, 2.05) is 6.07 Å². The van der Waals surface area contributed by atoms with Crippen molar-refractivity contribution in [1.29, 1.82) is 0 Å². The molecule has 0 radical (unpaired) electrons. The number of anilines is 1. The molecule has 1 aromatic heterocycles. The van der Waals surface area contributed by atoms with Crippen LogP contribution in [0.1, 0.15) is 19.8 Å². The second-order valence-electron chi connectivity index (χ2n) is 3.97. The molecule has 1 aliphatic rings. The fourth-order valence-electron chi connectivity index (χ4n) is 1.83. The molecule has 0 aromatic carbocycles. The lowest BCUT2D eigenvalue weighted by molar-refractivity contribution is 0.0995. The molecule has 2 atom stereocenters. The third-order valence-corrected chi connectivity index (χ3v) is 3.73. The van der Waals surface area contributed by atoms with Crippen molar-refractivity contribution in [3.63, 3.8) is 0 Å². The fraction of sp³-hybridized carbons (Fsp3) is 0.545. The number of hydrogen-bond acceptors (Lipinski definition) is 3. The van der Waals surface area contributed by atoms with Crippen LogP contribution >= 0.6 is 31.9 Å². The lowest BCUT2D eigenvalue weighted by atomic mass is 10.1. The van der Waals surface area contributed by atoms with Gasteiger partial charge in [-0.25, -0.2) is 4.98 Å². The number of ether oxygens (including phenoxy) is 1. The molecule has 2 rings (SSSR count). The van der Waals surface area contributed by atoms with Crippen molar-refractivity contribution < 1.29 is 4.74 Å². The third kappa shape index (κ3) is 2.96. The maximum Gasteiger partial charge on any atom is 0.140 e. The molecule has 0 saturated carbocycles. The van der Waals surface area contributed by atoms with E-state index < -0.39 is 0 Å². The SMILES string of the molecule is CC(Nc1ncc(Br)cc1Br)C1CCCO1. The Morgan fingerprint density at radius 1 is 1.56 bits per heavy atom. The van der Waals surface area contributed by atoms with E-state index in [4.69, 9.17) is 4.74 Å². The summed E-state index contributed by atoms with van der Waals surface area (Å²) < 4.78 is 7.57. The first kappa shape index (κ1) is 12.3. The molecule has 3 nitrogen and oxygen atoms in total. The molecule has 0 bridgehead atoms. The van der Waals surface area contributed by atoms with E-state index in [2.05, 4.69) is 49.1 Å². The van der Waals surface area contributed by atoms with E-state index in [9.17, 15) is 0 Å². The lowest BCUT2D eigenvalue weighted by Crippen LogP contribution is -2.30. The second-order valence-corrected chi connectivity index (χ2v) is 5.74. The first-order valence-electron chi connectivity index (χ1n) is 5.36. The van der Waals surface area contributed by atoms with Gasteiger partial charge in [-0.2, -0.15) is 0 Å². The summed E-state index contributed by atoms with van der Waals surface area (Å²) in [5.41, 5.74) is 0. The molecule has 2 heterocycles. The maximum absolute atomic E-state index is 5.64. The van der Waals surface area contributed by atoms with Crippen molar-refractivity contribution in [2.45, 2.75) is 31.9 Å². The Kier molecular flexibility index (Phi) is 4.21. The molecular formula is C11H14Br2N2O. The Morgan fingerprint density at radius 2 is 2.38 bits per heavy atom. The van der Waals surface area contributed by atoms with Crippen LogP contribution in [0, 0.1) is 0 Å². The Hall–Kier alpha value is -0.130. The third-order valence-electron chi connectivity index (χ3n) is 2.69. The first-order valence-corrected chi connectivity index (χ1v) is 6.94. The Morgan fingerprint density at radius 3 is 3.00 bits per heavy atom. The number of nitrogens with zero attached hydrogens (tertiary/aromatic N) is 1. The van der Waals surface area contributed by atoms with Gasteiger partial charge in [0, 0.05) is 17.3 Å². The number of halogens is 2. The van der Waals surface area contributed by atoms with Gasteiger partial charge in [-0.05, 0) is 57.7 Å². The predicted molar refractivity (Wildman–Crippen MR) is 71.7 cm³/mol. The molecule has 2 unspecified atom stereocenters. The minimum Gasteiger partial charge on any atom is -0.376 e. The molecule has 5 heteroatoms. The minimum atomic E-state index is 0.285. The van der Waals surface area contributed by atoms with Crippen LogP contribution in [0.25, 0.3) is 0 Å². The monoisotopic (exact) mass is 348 g/mol. The maximum atomic E-state index is 5.64. The van der Waals surface area contributed by atoms with Crippen molar-refractivity contribution in [2.24, 2.45) is 0 Å². The van der Waals surface area contributed by atoms with E-state index in [1.54, 1.807) is 6.20 Å². The van der Waals surface area contributed by atoms with Crippen LogP contribution in [-0.4, -0.2) is 23.7 Å². The zero-order chi connectivity index (χ0) is 11.5. The van der Waals surface area contributed by atoms with Crippen LogP contribution in [0.4, 0.5) is 5.82 Å². The van der Waals surface area contributed by atoms with Gasteiger partial charge in [0.1, 0.15) is 5.82 Å². The molecular weight excluding hydrogens is 336 g/mol. The van der Waals surface area contributed by atoms with Crippen LogP contribution in [0.5, 0.6) is 0 Å². The van der Waals surface area contributed by atoms with Gasteiger partial charge >= 0.3 is 0 Å². The molecule has 1 N–H and O–H groups in total. The van der Waals surface area contributed by atoms with Crippen LogP contribution in [0.15, 0.2) is 21.2 Å². The highest BCUT2D eigenvalue weighted by Gasteiger charge is 2.22. The van der Waals surface area contributed by atoms with Gasteiger partial charge in [-0.3, -0.25) is 0 Å². The molecule has 0 spiro atoms. The quantitative estimate of drug-likeness (QED) is 0.905.